The van der Waals surface area contributed by atoms with E-state index in [1.54, 1.807) is 18.0 Å². The molecule has 0 spiro atoms. The number of nitrogens with zero attached hydrogens (tertiary/aromatic N) is 2. The average molecular weight is 363 g/mol. The van der Waals surface area contributed by atoms with E-state index < -0.39 is 0 Å². The Bertz CT molecular complexity index is 667. The molecule has 25 heavy (non-hydrogen) atoms. The number of imide groups is 1. The van der Waals surface area contributed by atoms with Crippen molar-refractivity contribution in [1.29, 1.82) is 0 Å². The van der Waals surface area contributed by atoms with Crippen LogP contribution < -0.4 is 0 Å². The van der Waals surface area contributed by atoms with Crippen molar-refractivity contribution in [3.8, 4) is 0 Å². The minimum atomic E-state index is -0.152. The predicted molar refractivity (Wildman–Crippen MR) is 94.7 cm³/mol. The molecule has 2 aliphatic rings. The topological polar surface area (TPSA) is 57.7 Å². The van der Waals surface area contributed by atoms with Gasteiger partial charge in [-0.2, -0.15) is 0 Å². The number of benzene rings is 1. The van der Waals surface area contributed by atoms with Crippen LogP contribution in [0.25, 0.3) is 0 Å². The molecule has 0 N–H and O–H groups in total. The van der Waals surface area contributed by atoms with Crippen LogP contribution in [0.3, 0.4) is 0 Å². The van der Waals surface area contributed by atoms with E-state index in [0.29, 0.717) is 11.6 Å². The first-order valence-corrected chi connectivity index (χ1v) is 9.19. The molecule has 1 aromatic carbocycles. The second kappa shape index (κ2) is 7.56. The lowest BCUT2D eigenvalue weighted by Gasteiger charge is -2.20. The van der Waals surface area contributed by atoms with E-state index in [9.17, 15) is 14.4 Å². The van der Waals surface area contributed by atoms with Gasteiger partial charge in [0.1, 0.15) is 0 Å². The monoisotopic (exact) mass is 362 g/mol. The van der Waals surface area contributed by atoms with Gasteiger partial charge >= 0.3 is 0 Å². The summed E-state index contributed by atoms with van der Waals surface area (Å²) in [5.74, 6) is -0.559. The van der Waals surface area contributed by atoms with Gasteiger partial charge in [-0.3, -0.25) is 19.3 Å². The maximum atomic E-state index is 12.4. The molecule has 6 heteroatoms. The van der Waals surface area contributed by atoms with Crippen molar-refractivity contribution < 1.29 is 14.4 Å². The Morgan fingerprint density at radius 2 is 1.84 bits per heavy atom. The molecule has 1 aliphatic heterocycles. The second-order valence-electron chi connectivity index (χ2n) is 6.96. The Kier molecular flexibility index (Phi) is 5.42. The normalized spacial score (nSPS) is 22.9. The third-order valence-electron chi connectivity index (χ3n) is 5.22. The summed E-state index contributed by atoms with van der Waals surface area (Å²) in [6.07, 6.45) is 3.78. The molecule has 1 aromatic rings. The molecule has 1 aliphatic carbocycles. The molecule has 1 saturated heterocycles. The molecule has 0 aromatic heterocycles. The highest BCUT2D eigenvalue weighted by atomic mass is 35.5. The quantitative estimate of drug-likeness (QED) is 0.757. The number of carbonyl (C=O) groups excluding carboxylic acids is 3. The lowest BCUT2D eigenvalue weighted by atomic mass is 9.81. The Balaban J connectivity index is 1.55. The van der Waals surface area contributed by atoms with Crippen LogP contribution in [0.4, 0.5) is 0 Å². The van der Waals surface area contributed by atoms with Gasteiger partial charge < -0.3 is 4.90 Å². The molecule has 134 valence electrons. The van der Waals surface area contributed by atoms with Crippen molar-refractivity contribution in [3.63, 3.8) is 0 Å². The maximum absolute atomic E-state index is 12.4. The Labute approximate surface area is 152 Å². The smallest absolute Gasteiger partial charge is 0.233 e. The predicted octanol–water partition coefficient (Wildman–Crippen LogP) is 2.86. The SMILES string of the molecule is CN(Cc1cccc(Cl)c1)C(=O)CCN1C(=O)[C@H]2CCCC[C@@H]2C1=O. The summed E-state index contributed by atoms with van der Waals surface area (Å²) in [5, 5.41) is 0.634. The zero-order valence-corrected chi connectivity index (χ0v) is 15.2. The van der Waals surface area contributed by atoms with Gasteiger partial charge in [-0.1, -0.05) is 36.6 Å². The fraction of sp³-hybridized carbons (Fsp3) is 0.526. The summed E-state index contributed by atoms with van der Waals surface area (Å²) in [7, 11) is 1.72. The fourth-order valence-corrected chi connectivity index (χ4v) is 4.06. The zero-order chi connectivity index (χ0) is 18.0. The van der Waals surface area contributed by atoms with Gasteiger partial charge in [-0.25, -0.2) is 0 Å². The van der Waals surface area contributed by atoms with Gasteiger partial charge in [-0.15, -0.1) is 0 Å². The summed E-state index contributed by atoms with van der Waals surface area (Å²) in [6, 6.07) is 7.37. The lowest BCUT2D eigenvalue weighted by Crippen LogP contribution is -2.36. The van der Waals surface area contributed by atoms with Crippen LogP contribution in [0.15, 0.2) is 24.3 Å². The number of amides is 3. The summed E-state index contributed by atoms with van der Waals surface area (Å²) < 4.78 is 0. The largest absolute Gasteiger partial charge is 0.341 e. The number of halogens is 1. The Morgan fingerprint density at radius 3 is 2.44 bits per heavy atom. The van der Waals surface area contributed by atoms with Gasteiger partial charge in [0.25, 0.3) is 0 Å². The molecule has 1 heterocycles. The number of rotatable bonds is 5. The molecular formula is C19H23ClN2O3. The first-order valence-electron chi connectivity index (χ1n) is 8.81. The summed E-state index contributed by atoms with van der Waals surface area (Å²) in [6.45, 7) is 0.635. The fourth-order valence-electron chi connectivity index (χ4n) is 3.85. The van der Waals surface area contributed by atoms with Gasteiger partial charge in [0.2, 0.25) is 17.7 Å². The summed E-state index contributed by atoms with van der Waals surface area (Å²) in [5.41, 5.74) is 0.947. The van der Waals surface area contributed by atoms with Crippen LogP contribution in [0, 0.1) is 11.8 Å². The highest BCUT2D eigenvalue weighted by Crippen LogP contribution is 2.37. The number of fused-ring (bicyclic) bond motifs is 1. The highest BCUT2D eigenvalue weighted by molar-refractivity contribution is 6.30. The lowest BCUT2D eigenvalue weighted by molar-refractivity contribution is -0.140. The molecular weight excluding hydrogens is 340 g/mol. The van der Waals surface area contributed by atoms with Gasteiger partial charge in [0.05, 0.1) is 11.8 Å². The summed E-state index contributed by atoms with van der Waals surface area (Å²) in [4.78, 5) is 40.1. The van der Waals surface area contributed by atoms with Gasteiger partial charge in [-0.05, 0) is 30.5 Å². The minimum absolute atomic E-state index is 0.0833. The molecule has 1 saturated carbocycles. The molecule has 0 unspecified atom stereocenters. The number of hydrogen-bond donors (Lipinski definition) is 0. The molecule has 3 amide bonds. The van der Waals surface area contributed by atoms with Crippen molar-refractivity contribution in [1.82, 2.24) is 9.80 Å². The molecule has 0 radical (unpaired) electrons. The Morgan fingerprint density at radius 1 is 1.20 bits per heavy atom. The van der Waals surface area contributed by atoms with E-state index in [1.807, 2.05) is 18.2 Å². The Hall–Kier alpha value is -1.88. The van der Waals surface area contributed by atoms with Crippen molar-refractivity contribution in [2.24, 2.45) is 11.8 Å². The third-order valence-corrected chi connectivity index (χ3v) is 5.45. The van der Waals surface area contributed by atoms with Crippen LogP contribution in [0.2, 0.25) is 5.02 Å². The number of likely N-dealkylation sites (tertiary alicyclic amines) is 1. The van der Waals surface area contributed by atoms with Crippen molar-refractivity contribution in [2.75, 3.05) is 13.6 Å². The van der Waals surface area contributed by atoms with Crippen LogP contribution in [0.5, 0.6) is 0 Å². The van der Waals surface area contributed by atoms with Crippen LogP contribution >= 0.6 is 11.6 Å². The minimum Gasteiger partial charge on any atom is -0.341 e. The van der Waals surface area contributed by atoms with Crippen LogP contribution in [0.1, 0.15) is 37.7 Å². The zero-order valence-electron chi connectivity index (χ0n) is 14.4. The van der Waals surface area contributed by atoms with E-state index >= 15 is 0 Å². The average Bonchev–Trinajstić information content (AvgIpc) is 2.84. The molecule has 2 atom stereocenters. The molecule has 5 nitrogen and oxygen atoms in total. The molecule has 2 fully saturated rings. The van der Waals surface area contributed by atoms with Gasteiger partial charge in [0, 0.05) is 31.6 Å². The van der Waals surface area contributed by atoms with Crippen LogP contribution in [-0.4, -0.2) is 41.1 Å². The van der Waals surface area contributed by atoms with Crippen molar-refractivity contribution >= 4 is 29.3 Å². The molecule has 3 rings (SSSR count). The van der Waals surface area contributed by atoms with E-state index in [2.05, 4.69) is 0 Å². The first kappa shape index (κ1) is 17.9. The molecule has 0 bridgehead atoms. The second-order valence-corrected chi connectivity index (χ2v) is 7.39. The number of hydrogen-bond acceptors (Lipinski definition) is 3. The third kappa shape index (κ3) is 3.87. The van der Waals surface area contributed by atoms with Crippen molar-refractivity contribution in [3.05, 3.63) is 34.9 Å². The number of carbonyl (C=O) groups is 3. The highest BCUT2D eigenvalue weighted by Gasteiger charge is 2.47. The van der Waals surface area contributed by atoms with E-state index in [1.165, 1.54) is 4.90 Å². The van der Waals surface area contributed by atoms with E-state index in [4.69, 9.17) is 11.6 Å². The summed E-state index contributed by atoms with van der Waals surface area (Å²) >= 11 is 5.96. The van der Waals surface area contributed by atoms with E-state index in [-0.39, 0.29) is 42.5 Å². The van der Waals surface area contributed by atoms with Crippen molar-refractivity contribution in [2.45, 2.75) is 38.6 Å². The van der Waals surface area contributed by atoms with Crippen LogP contribution in [-0.2, 0) is 20.9 Å². The first-order chi connectivity index (χ1) is 12.0. The standard InChI is InChI=1S/C19H23ClN2O3/c1-21(12-13-5-4-6-14(20)11-13)17(23)9-10-22-18(24)15-7-2-3-8-16(15)19(22)25/h4-6,11,15-16H,2-3,7-10,12H2,1H3/t15-,16-/m0/s1. The van der Waals surface area contributed by atoms with Gasteiger partial charge in [0.15, 0.2) is 0 Å². The maximum Gasteiger partial charge on any atom is 0.233 e. The van der Waals surface area contributed by atoms with E-state index in [0.717, 1.165) is 31.2 Å².